The highest BCUT2D eigenvalue weighted by Gasteiger charge is 2.37. The SMILES string of the molecule is CCC(=O)N1C[C@H](NC(=O)c2cc(C)c(O)c(C)c2)C(=O)N(CC(=O)N[C@H](C=O)CC(C)=O)c2ccccc21. The number of aldehydes is 1. The van der Waals surface area contributed by atoms with Gasteiger partial charge in [-0.25, -0.2) is 0 Å². The largest absolute Gasteiger partial charge is 0.507 e. The molecule has 0 fully saturated rings. The van der Waals surface area contributed by atoms with Gasteiger partial charge in [0.1, 0.15) is 30.4 Å². The van der Waals surface area contributed by atoms with Gasteiger partial charge < -0.3 is 25.4 Å². The second-order valence-corrected chi connectivity index (χ2v) is 9.47. The lowest BCUT2D eigenvalue weighted by Gasteiger charge is -2.25. The highest BCUT2D eigenvalue weighted by molar-refractivity contribution is 6.11. The molecule has 2 atom stereocenters. The number of aryl methyl sites for hydroxylation is 2. The molecule has 206 valence electrons. The van der Waals surface area contributed by atoms with Gasteiger partial charge in [0.05, 0.1) is 24.0 Å². The number of aromatic hydroxyl groups is 1. The smallest absolute Gasteiger partial charge is 0.252 e. The lowest BCUT2D eigenvalue weighted by molar-refractivity contribution is -0.127. The van der Waals surface area contributed by atoms with Gasteiger partial charge >= 0.3 is 0 Å². The molecule has 4 amide bonds. The Labute approximate surface area is 226 Å². The maximum Gasteiger partial charge on any atom is 0.252 e. The Morgan fingerprint density at radius 1 is 1.10 bits per heavy atom. The topological polar surface area (TPSA) is 153 Å². The number of para-hydroxylation sites is 2. The van der Waals surface area contributed by atoms with E-state index in [1.807, 2.05) is 0 Å². The van der Waals surface area contributed by atoms with E-state index in [0.717, 1.165) is 4.90 Å². The van der Waals surface area contributed by atoms with Crippen molar-refractivity contribution in [2.24, 2.45) is 0 Å². The van der Waals surface area contributed by atoms with E-state index in [-0.39, 0.29) is 48.1 Å². The number of phenols is 1. The number of rotatable bonds is 9. The Kier molecular flexibility index (Phi) is 9.18. The van der Waals surface area contributed by atoms with Gasteiger partial charge in [-0.1, -0.05) is 19.1 Å². The molecule has 0 radical (unpaired) electrons. The van der Waals surface area contributed by atoms with Crippen LogP contribution in [0.25, 0.3) is 0 Å². The number of carbonyl (C=O) groups is 6. The van der Waals surface area contributed by atoms with Gasteiger partial charge in [0.15, 0.2) is 0 Å². The van der Waals surface area contributed by atoms with Crippen molar-refractivity contribution < 1.29 is 33.9 Å². The fourth-order valence-electron chi connectivity index (χ4n) is 4.45. The first-order valence-corrected chi connectivity index (χ1v) is 12.5. The molecule has 0 unspecified atom stereocenters. The Morgan fingerprint density at radius 3 is 2.28 bits per heavy atom. The van der Waals surface area contributed by atoms with Crippen molar-refractivity contribution in [1.82, 2.24) is 10.6 Å². The first-order valence-electron chi connectivity index (χ1n) is 12.5. The maximum absolute atomic E-state index is 13.8. The lowest BCUT2D eigenvalue weighted by atomic mass is 10.0. The summed E-state index contributed by atoms with van der Waals surface area (Å²) in [4.78, 5) is 78.2. The predicted octanol–water partition coefficient (Wildman–Crippen LogP) is 1.56. The number of nitrogens with one attached hydrogen (secondary N) is 2. The molecule has 0 aliphatic carbocycles. The molecule has 1 aliphatic heterocycles. The number of anilines is 2. The van der Waals surface area contributed by atoms with Crippen molar-refractivity contribution >= 4 is 47.1 Å². The molecule has 1 aliphatic rings. The van der Waals surface area contributed by atoms with Gasteiger partial charge in [0.2, 0.25) is 11.8 Å². The number of nitrogens with zero attached hydrogens (tertiary/aromatic N) is 2. The van der Waals surface area contributed by atoms with Crippen LogP contribution in [0.2, 0.25) is 0 Å². The van der Waals surface area contributed by atoms with E-state index < -0.39 is 36.3 Å². The van der Waals surface area contributed by atoms with Crippen LogP contribution >= 0.6 is 0 Å². The summed E-state index contributed by atoms with van der Waals surface area (Å²) in [6.45, 7) is 5.56. The first-order chi connectivity index (χ1) is 18.5. The zero-order valence-electron chi connectivity index (χ0n) is 22.3. The van der Waals surface area contributed by atoms with Crippen LogP contribution in [0.1, 0.15) is 48.2 Å². The highest BCUT2D eigenvalue weighted by Crippen LogP contribution is 2.33. The molecular weight excluding hydrogens is 504 g/mol. The molecule has 2 aromatic rings. The number of phenolic OH excluding ortho intramolecular Hbond substituents is 1. The van der Waals surface area contributed by atoms with Gasteiger partial charge in [-0.2, -0.15) is 0 Å². The van der Waals surface area contributed by atoms with Gasteiger partial charge in [-0.3, -0.25) is 28.9 Å². The van der Waals surface area contributed by atoms with Crippen LogP contribution in [-0.2, 0) is 24.0 Å². The van der Waals surface area contributed by atoms with E-state index >= 15 is 0 Å². The number of fused-ring (bicyclic) bond motifs is 1. The minimum Gasteiger partial charge on any atom is -0.507 e. The number of hydrogen-bond donors (Lipinski definition) is 3. The van der Waals surface area contributed by atoms with E-state index in [4.69, 9.17) is 0 Å². The fourth-order valence-corrected chi connectivity index (χ4v) is 4.45. The van der Waals surface area contributed by atoms with E-state index in [1.54, 1.807) is 45.0 Å². The first kappa shape index (κ1) is 29.0. The Morgan fingerprint density at radius 2 is 1.72 bits per heavy atom. The highest BCUT2D eigenvalue weighted by atomic mass is 16.3. The molecule has 11 nitrogen and oxygen atoms in total. The number of benzene rings is 2. The van der Waals surface area contributed by atoms with Crippen molar-refractivity contribution in [3.05, 3.63) is 53.1 Å². The molecule has 39 heavy (non-hydrogen) atoms. The van der Waals surface area contributed by atoms with Crippen LogP contribution in [0.4, 0.5) is 11.4 Å². The average molecular weight is 537 g/mol. The van der Waals surface area contributed by atoms with Crippen molar-refractivity contribution in [2.45, 2.75) is 52.6 Å². The third kappa shape index (κ3) is 6.67. The summed E-state index contributed by atoms with van der Waals surface area (Å²) < 4.78 is 0. The molecule has 1 heterocycles. The molecule has 0 bridgehead atoms. The second-order valence-electron chi connectivity index (χ2n) is 9.47. The second kappa shape index (κ2) is 12.3. The summed E-state index contributed by atoms with van der Waals surface area (Å²) in [5.41, 5.74) is 1.84. The minimum absolute atomic E-state index is 0.0582. The normalized spacial score (nSPS) is 15.6. The summed E-state index contributed by atoms with van der Waals surface area (Å²) in [5.74, 6) is -2.45. The predicted molar refractivity (Wildman–Crippen MR) is 144 cm³/mol. The Bertz CT molecular complexity index is 1300. The molecule has 2 aromatic carbocycles. The molecule has 0 spiro atoms. The van der Waals surface area contributed by atoms with Crippen LogP contribution in [-0.4, -0.2) is 66.0 Å². The van der Waals surface area contributed by atoms with Crippen molar-refractivity contribution in [2.75, 3.05) is 22.9 Å². The van der Waals surface area contributed by atoms with Crippen LogP contribution in [0.3, 0.4) is 0 Å². The summed E-state index contributed by atoms with van der Waals surface area (Å²) >= 11 is 0. The molecular formula is C28H32N4O7. The number of hydrogen-bond acceptors (Lipinski definition) is 7. The maximum atomic E-state index is 13.8. The third-order valence-electron chi connectivity index (χ3n) is 6.37. The quantitative estimate of drug-likeness (QED) is 0.411. The van der Waals surface area contributed by atoms with E-state index in [0.29, 0.717) is 23.1 Å². The van der Waals surface area contributed by atoms with Crippen molar-refractivity contribution in [3.8, 4) is 5.75 Å². The molecule has 3 rings (SSSR count). The number of Topliss-reactive ketones (excluding diaryl/α,β-unsaturated/α-hetero) is 1. The van der Waals surface area contributed by atoms with Gasteiger partial charge in [0.25, 0.3) is 11.8 Å². The van der Waals surface area contributed by atoms with Crippen LogP contribution in [0, 0.1) is 13.8 Å². The summed E-state index contributed by atoms with van der Waals surface area (Å²) in [7, 11) is 0. The van der Waals surface area contributed by atoms with E-state index in [2.05, 4.69) is 10.6 Å². The average Bonchev–Trinajstić information content (AvgIpc) is 3.01. The van der Waals surface area contributed by atoms with Gasteiger partial charge in [-0.05, 0) is 56.2 Å². The van der Waals surface area contributed by atoms with Crippen LogP contribution in [0.15, 0.2) is 36.4 Å². The summed E-state index contributed by atoms with van der Waals surface area (Å²) in [5, 5.41) is 15.2. The molecule has 0 saturated carbocycles. The van der Waals surface area contributed by atoms with Crippen molar-refractivity contribution in [3.63, 3.8) is 0 Å². The lowest BCUT2D eigenvalue weighted by Crippen LogP contribution is -2.54. The zero-order valence-corrected chi connectivity index (χ0v) is 22.3. The summed E-state index contributed by atoms with van der Waals surface area (Å²) in [6.07, 6.45) is 0.387. The van der Waals surface area contributed by atoms with Crippen LogP contribution in [0.5, 0.6) is 5.75 Å². The Hall–Kier alpha value is -4.54. The molecule has 3 N–H and O–H groups in total. The van der Waals surface area contributed by atoms with Crippen LogP contribution < -0.4 is 20.4 Å². The number of ketones is 1. The molecule has 11 heteroatoms. The fraction of sp³-hybridized carbons (Fsp3) is 0.357. The monoisotopic (exact) mass is 536 g/mol. The number of amides is 4. The Balaban J connectivity index is 1.98. The van der Waals surface area contributed by atoms with E-state index in [9.17, 15) is 33.9 Å². The molecule has 0 saturated heterocycles. The minimum atomic E-state index is -1.22. The van der Waals surface area contributed by atoms with E-state index in [1.165, 1.54) is 24.0 Å². The van der Waals surface area contributed by atoms with Crippen molar-refractivity contribution in [1.29, 1.82) is 0 Å². The number of carbonyl (C=O) groups excluding carboxylic acids is 6. The van der Waals surface area contributed by atoms with Gasteiger partial charge in [-0.15, -0.1) is 0 Å². The standard InChI is InChI=1S/C28H32N4O7/c1-5-25(36)31-13-21(30-27(38)19-10-16(2)26(37)17(3)11-19)28(39)32(23-9-7-6-8-22(23)31)14-24(35)29-20(15-33)12-18(4)34/h6-11,15,20-21,37H,5,12-14H2,1-4H3,(H,29,35)(H,30,38)/t20-,21-/m0/s1. The molecule has 0 aromatic heterocycles. The summed E-state index contributed by atoms with van der Waals surface area (Å²) in [6, 6.07) is 7.26. The van der Waals surface area contributed by atoms with Gasteiger partial charge in [0, 0.05) is 18.4 Å². The zero-order chi connectivity index (χ0) is 28.9. The third-order valence-corrected chi connectivity index (χ3v) is 6.37.